The molecule has 0 bridgehead atoms. The molecule has 0 saturated carbocycles. The van der Waals surface area contributed by atoms with E-state index in [0.717, 1.165) is 31.7 Å². The van der Waals surface area contributed by atoms with Gasteiger partial charge in [-0.15, -0.1) is 0 Å². The Labute approximate surface area is 125 Å². The Bertz CT molecular complexity index is 441. The first kappa shape index (κ1) is 15.7. The molecule has 1 fully saturated rings. The molecule has 3 N–H and O–H groups in total. The van der Waals surface area contributed by atoms with Crippen molar-refractivity contribution >= 4 is 6.03 Å². The molecule has 6 heteroatoms. The number of nitrogens with zero attached hydrogens (tertiary/aromatic N) is 2. The second-order valence-electron chi connectivity index (χ2n) is 5.55. The molecule has 0 spiro atoms. The van der Waals surface area contributed by atoms with Crippen LogP contribution in [-0.2, 0) is 6.54 Å². The predicted octanol–water partition coefficient (Wildman–Crippen LogP) is 0.583. The van der Waals surface area contributed by atoms with Gasteiger partial charge in [0.2, 0.25) is 0 Å². The maximum absolute atomic E-state index is 11.6. The number of carbonyl (C=O) groups is 1. The van der Waals surface area contributed by atoms with Crippen LogP contribution in [0.5, 0.6) is 0 Å². The molecule has 0 aliphatic carbocycles. The van der Waals surface area contributed by atoms with E-state index in [4.69, 9.17) is 5.11 Å². The van der Waals surface area contributed by atoms with E-state index in [0.29, 0.717) is 12.5 Å². The van der Waals surface area contributed by atoms with Crippen molar-refractivity contribution in [3.05, 3.63) is 30.1 Å². The van der Waals surface area contributed by atoms with Gasteiger partial charge < -0.3 is 15.7 Å². The molecule has 2 amide bonds. The standard InChI is InChI=1S/C15H24N4O2/c1-12-10-19(11-13-4-2-3-6-16-13)8-5-14(12)18-15(21)17-7-9-20/h2-4,6,12,14,20H,5,7-11H2,1H3,(H2,17,18,21). The van der Waals surface area contributed by atoms with Crippen molar-refractivity contribution in [3.8, 4) is 0 Å². The largest absolute Gasteiger partial charge is 0.395 e. The molecular weight excluding hydrogens is 268 g/mol. The van der Waals surface area contributed by atoms with Crippen LogP contribution in [0.15, 0.2) is 24.4 Å². The minimum absolute atomic E-state index is 0.0362. The number of urea groups is 1. The summed E-state index contributed by atoms with van der Waals surface area (Å²) in [5.74, 6) is 0.391. The highest BCUT2D eigenvalue weighted by atomic mass is 16.3. The van der Waals surface area contributed by atoms with Gasteiger partial charge in [-0.3, -0.25) is 9.88 Å². The van der Waals surface area contributed by atoms with E-state index in [1.165, 1.54) is 0 Å². The Balaban J connectivity index is 1.78. The average molecular weight is 292 g/mol. The number of pyridine rings is 1. The number of aliphatic hydroxyl groups excluding tert-OH is 1. The zero-order chi connectivity index (χ0) is 15.1. The summed E-state index contributed by atoms with van der Waals surface area (Å²) < 4.78 is 0. The first-order valence-electron chi connectivity index (χ1n) is 7.46. The SMILES string of the molecule is CC1CN(Cc2ccccn2)CCC1NC(=O)NCCO. The number of nitrogens with one attached hydrogen (secondary N) is 2. The van der Waals surface area contributed by atoms with Crippen molar-refractivity contribution in [1.29, 1.82) is 0 Å². The van der Waals surface area contributed by atoms with Crippen LogP contribution < -0.4 is 10.6 Å². The molecule has 1 aromatic rings. The van der Waals surface area contributed by atoms with Crippen LogP contribution in [-0.4, -0.2) is 53.3 Å². The summed E-state index contributed by atoms with van der Waals surface area (Å²) in [6.07, 6.45) is 2.75. The van der Waals surface area contributed by atoms with Crippen LogP contribution in [0.1, 0.15) is 19.0 Å². The number of hydrogen-bond acceptors (Lipinski definition) is 4. The first-order chi connectivity index (χ1) is 10.2. The van der Waals surface area contributed by atoms with E-state index >= 15 is 0 Å². The van der Waals surface area contributed by atoms with E-state index in [-0.39, 0.29) is 18.7 Å². The van der Waals surface area contributed by atoms with Crippen molar-refractivity contribution in [2.45, 2.75) is 25.9 Å². The molecular formula is C15H24N4O2. The van der Waals surface area contributed by atoms with E-state index in [1.807, 2.05) is 24.4 Å². The van der Waals surface area contributed by atoms with Gasteiger partial charge in [-0.25, -0.2) is 4.79 Å². The summed E-state index contributed by atoms with van der Waals surface area (Å²) >= 11 is 0. The van der Waals surface area contributed by atoms with Gasteiger partial charge in [0, 0.05) is 38.4 Å². The highest BCUT2D eigenvalue weighted by Gasteiger charge is 2.27. The van der Waals surface area contributed by atoms with E-state index in [2.05, 4.69) is 27.4 Å². The van der Waals surface area contributed by atoms with Crippen LogP contribution in [0.2, 0.25) is 0 Å². The predicted molar refractivity (Wildman–Crippen MR) is 80.7 cm³/mol. The Kier molecular flexibility index (Phi) is 5.95. The number of piperidine rings is 1. The molecule has 1 saturated heterocycles. The van der Waals surface area contributed by atoms with Crippen LogP contribution in [0, 0.1) is 5.92 Å². The molecule has 116 valence electrons. The lowest BCUT2D eigenvalue weighted by Gasteiger charge is -2.37. The summed E-state index contributed by atoms with van der Waals surface area (Å²) in [6.45, 7) is 5.16. The minimum atomic E-state index is -0.195. The Morgan fingerprint density at radius 1 is 1.52 bits per heavy atom. The topological polar surface area (TPSA) is 77.5 Å². The second-order valence-corrected chi connectivity index (χ2v) is 5.55. The number of likely N-dealkylation sites (tertiary alicyclic amines) is 1. The third kappa shape index (κ3) is 4.99. The first-order valence-corrected chi connectivity index (χ1v) is 7.46. The molecule has 6 nitrogen and oxygen atoms in total. The maximum atomic E-state index is 11.6. The van der Waals surface area contributed by atoms with Gasteiger partial charge in [0.1, 0.15) is 0 Å². The number of aromatic nitrogens is 1. The second kappa shape index (κ2) is 7.95. The highest BCUT2D eigenvalue weighted by Crippen LogP contribution is 2.18. The highest BCUT2D eigenvalue weighted by molar-refractivity contribution is 5.74. The van der Waals surface area contributed by atoms with Crippen LogP contribution in [0.25, 0.3) is 0 Å². The Morgan fingerprint density at radius 3 is 3.05 bits per heavy atom. The molecule has 2 unspecified atom stereocenters. The Morgan fingerprint density at radius 2 is 2.38 bits per heavy atom. The molecule has 21 heavy (non-hydrogen) atoms. The van der Waals surface area contributed by atoms with Gasteiger partial charge in [-0.1, -0.05) is 13.0 Å². The monoisotopic (exact) mass is 292 g/mol. The van der Waals surface area contributed by atoms with Gasteiger partial charge in [-0.2, -0.15) is 0 Å². The lowest BCUT2D eigenvalue weighted by atomic mass is 9.94. The van der Waals surface area contributed by atoms with Crippen molar-refractivity contribution in [3.63, 3.8) is 0 Å². The molecule has 1 aliphatic heterocycles. The summed E-state index contributed by atoms with van der Waals surface area (Å²) in [4.78, 5) is 18.4. The van der Waals surface area contributed by atoms with Gasteiger partial charge in [0.25, 0.3) is 0 Å². The fourth-order valence-electron chi connectivity index (χ4n) is 2.70. The molecule has 1 aromatic heterocycles. The molecule has 1 aliphatic rings. The zero-order valence-electron chi connectivity index (χ0n) is 12.5. The number of rotatable bonds is 5. The van der Waals surface area contributed by atoms with Crippen molar-refractivity contribution in [2.24, 2.45) is 5.92 Å². The van der Waals surface area contributed by atoms with Crippen molar-refractivity contribution in [1.82, 2.24) is 20.5 Å². The number of aliphatic hydroxyl groups is 1. The quantitative estimate of drug-likeness (QED) is 0.742. The minimum Gasteiger partial charge on any atom is -0.395 e. The third-order valence-corrected chi connectivity index (χ3v) is 3.82. The van der Waals surface area contributed by atoms with E-state index in [9.17, 15) is 4.79 Å². The number of hydrogen-bond donors (Lipinski definition) is 3. The van der Waals surface area contributed by atoms with Crippen molar-refractivity contribution in [2.75, 3.05) is 26.2 Å². The third-order valence-electron chi connectivity index (χ3n) is 3.82. The maximum Gasteiger partial charge on any atom is 0.315 e. The number of carbonyl (C=O) groups excluding carboxylic acids is 1. The molecule has 0 radical (unpaired) electrons. The van der Waals surface area contributed by atoms with Crippen molar-refractivity contribution < 1.29 is 9.90 Å². The summed E-state index contributed by atoms with van der Waals surface area (Å²) in [5.41, 5.74) is 1.08. The fourth-order valence-corrected chi connectivity index (χ4v) is 2.70. The van der Waals surface area contributed by atoms with Gasteiger partial charge in [-0.05, 0) is 24.5 Å². The lowest BCUT2D eigenvalue weighted by Crippen LogP contribution is -2.52. The summed E-state index contributed by atoms with van der Waals surface area (Å²) in [7, 11) is 0. The molecule has 2 rings (SSSR count). The van der Waals surface area contributed by atoms with Gasteiger partial charge in [0.05, 0.1) is 12.3 Å². The molecule has 2 atom stereocenters. The smallest absolute Gasteiger partial charge is 0.315 e. The van der Waals surface area contributed by atoms with E-state index < -0.39 is 0 Å². The van der Waals surface area contributed by atoms with Gasteiger partial charge in [0.15, 0.2) is 0 Å². The fraction of sp³-hybridized carbons (Fsp3) is 0.600. The summed E-state index contributed by atoms with van der Waals surface area (Å²) in [6, 6.07) is 5.96. The zero-order valence-corrected chi connectivity index (χ0v) is 12.5. The van der Waals surface area contributed by atoms with Crippen LogP contribution >= 0.6 is 0 Å². The summed E-state index contributed by atoms with van der Waals surface area (Å²) in [5, 5.41) is 14.3. The van der Waals surface area contributed by atoms with Crippen LogP contribution in [0.4, 0.5) is 4.79 Å². The molecule has 0 aromatic carbocycles. The van der Waals surface area contributed by atoms with Gasteiger partial charge >= 0.3 is 6.03 Å². The normalized spacial score (nSPS) is 22.8. The molecule has 2 heterocycles. The van der Waals surface area contributed by atoms with E-state index in [1.54, 1.807) is 0 Å². The Hall–Kier alpha value is -1.66. The number of amides is 2. The lowest BCUT2D eigenvalue weighted by molar-refractivity contribution is 0.140. The van der Waals surface area contributed by atoms with Crippen LogP contribution in [0.3, 0.4) is 0 Å². The average Bonchev–Trinajstić information content (AvgIpc) is 2.49.